The van der Waals surface area contributed by atoms with E-state index in [0.717, 1.165) is 24.1 Å². The zero-order valence-electron chi connectivity index (χ0n) is 17.8. The lowest BCUT2D eigenvalue weighted by Gasteiger charge is -2.33. The fraction of sp³-hybridized carbons (Fsp3) is 0.545. The normalized spacial score (nSPS) is 21.4. The van der Waals surface area contributed by atoms with Crippen LogP contribution in [0, 0.1) is 5.92 Å². The van der Waals surface area contributed by atoms with Crippen molar-refractivity contribution in [2.75, 3.05) is 38.0 Å². The van der Waals surface area contributed by atoms with Gasteiger partial charge in [0.15, 0.2) is 5.65 Å². The van der Waals surface area contributed by atoms with E-state index in [1.165, 1.54) is 0 Å². The molecule has 170 valence electrons. The molecule has 1 saturated carbocycles. The highest BCUT2D eigenvalue weighted by molar-refractivity contribution is 5.92. The van der Waals surface area contributed by atoms with Crippen LogP contribution in [0.5, 0.6) is 0 Å². The number of likely N-dealkylation sites (tertiary alicyclic amines) is 1. The van der Waals surface area contributed by atoms with Crippen molar-refractivity contribution in [1.82, 2.24) is 24.4 Å². The van der Waals surface area contributed by atoms with Gasteiger partial charge in [0.05, 0.1) is 12.2 Å². The Labute approximate surface area is 184 Å². The first-order chi connectivity index (χ1) is 15.4. The first kappa shape index (κ1) is 21.0. The highest BCUT2D eigenvalue weighted by Crippen LogP contribution is 2.30. The molecule has 32 heavy (non-hydrogen) atoms. The first-order valence-corrected chi connectivity index (χ1v) is 11.1. The van der Waals surface area contributed by atoms with E-state index in [1.807, 2.05) is 29.2 Å². The fourth-order valence-corrected chi connectivity index (χ4v) is 4.22. The molecule has 0 unspecified atom stereocenters. The molecule has 0 aromatic carbocycles. The molecular formula is C22H26F2N6O2. The smallest absolute Gasteiger partial charge is 0.250 e. The molecule has 1 aliphatic carbocycles. The summed E-state index contributed by atoms with van der Waals surface area (Å²) in [5.41, 5.74) is 2.59. The van der Waals surface area contributed by atoms with Crippen LogP contribution in [0.25, 0.3) is 11.2 Å². The van der Waals surface area contributed by atoms with Gasteiger partial charge in [-0.05, 0) is 37.0 Å². The molecule has 2 aromatic rings. The Bertz CT molecular complexity index is 1070. The number of hydrogen-bond acceptors (Lipinski definition) is 5. The lowest BCUT2D eigenvalue weighted by molar-refractivity contribution is -0.134. The molecule has 2 fully saturated rings. The van der Waals surface area contributed by atoms with Gasteiger partial charge in [-0.25, -0.2) is 13.3 Å². The summed E-state index contributed by atoms with van der Waals surface area (Å²) < 4.78 is 28.4. The third-order valence-electron chi connectivity index (χ3n) is 6.38. The van der Waals surface area contributed by atoms with Gasteiger partial charge in [-0.15, -0.1) is 5.10 Å². The largest absolute Gasteiger partial charge is 0.338 e. The molecule has 2 aliphatic heterocycles. The number of rotatable bonds is 5. The predicted molar refractivity (Wildman–Crippen MR) is 114 cm³/mol. The van der Waals surface area contributed by atoms with Crippen LogP contribution in [0.4, 0.5) is 14.7 Å². The van der Waals surface area contributed by atoms with Crippen LogP contribution in [0.3, 0.4) is 0 Å². The van der Waals surface area contributed by atoms with Crippen LogP contribution in [0.1, 0.15) is 37.8 Å². The van der Waals surface area contributed by atoms with Crippen LogP contribution < -0.4 is 5.32 Å². The van der Waals surface area contributed by atoms with E-state index < -0.39 is 5.92 Å². The van der Waals surface area contributed by atoms with Gasteiger partial charge in [-0.1, -0.05) is 12.1 Å². The molecule has 8 nitrogen and oxygen atoms in total. The van der Waals surface area contributed by atoms with E-state index in [2.05, 4.69) is 15.4 Å². The van der Waals surface area contributed by atoms with E-state index in [9.17, 15) is 18.4 Å². The van der Waals surface area contributed by atoms with Crippen molar-refractivity contribution in [3.05, 3.63) is 30.0 Å². The van der Waals surface area contributed by atoms with Gasteiger partial charge in [0.2, 0.25) is 17.8 Å². The van der Waals surface area contributed by atoms with Crippen molar-refractivity contribution in [3.63, 3.8) is 0 Å². The second kappa shape index (κ2) is 8.23. The number of aromatic nitrogens is 3. The van der Waals surface area contributed by atoms with Crippen molar-refractivity contribution < 1.29 is 18.4 Å². The Morgan fingerprint density at radius 2 is 1.94 bits per heavy atom. The summed E-state index contributed by atoms with van der Waals surface area (Å²) in [7, 11) is 0. The van der Waals surface area contributed by atoms with E-state index >= 15 is 0 Å². The third-order valence-corrected chi connectivity index (χ3v) is 6.38. The molecule has 0 spiro atoms. The van der Waals surface area contributed by atoms with Crippen LogP contribution in [-0.4, -0.2) is 74.9 Å². The molecule has 5 rings (SSSR count). The Kier molecular flexibility index (Phi) is 5.40. The molecule has 0 radical (unpaired) electrons. The number of fused-ring (bicyclic) bond motifs is 1. The van der Waals surface area contributed by atoms with Crippen molar-refractivity contribution in [2.24, 2.45) is 5.92 Å². The number of alkyl halides is 2. The highest BCUT2D eigenvalue weighted by atomic mass is 19.3. The number of pyridine rings is 1. The van der Waals surface area contributed by atoms with Crippen LogP contribution in [0.15, 0.2) is 24.3 Å². The van der Waals surface area contributed by atoms with Crippen molar-refractivity contribution >= 4 is 29.0 Å². The Morgan fingerprint density at radius 3 is 2.62 bits per heavy atom. The van der Waals surface area contributed by atoms with Crippen LogP contribution >= 0.6 is 0 Å². The van der Waals surface area contributed by atoms with Gasteiger partial charge in [0.25, 0.3) is 5.92 Å². The minimum Gasteiger partial charge on any atom is -0.338 e. The van der Waals surface area contributed by atoms with Gasteiger partial charge in [0.1, 0.15) is 0 Å². The minimum absolute atomic E-state index is 0.0328. The Hall–Kier alpha value is -2.88. The fourth-order valence-electron chi connectivity index (χ4n) is 4.22. The van der Waals surface area contributed by atoms with Crippen LogP contribution in [0.2, 0.25) is 0 Å². The zero-order valence-corrected chi connectivity index (χ0v) is 17.8. The second-order valence-corrected chi connectivity index (χ2v) is 8.83. The van der Waals surface area contributed by atoms with E-state index in [1.54, 1.807) is 9.42 Å². The van der Waals surface area contributed by atoms with Crippen molar-refractivity contribution in [3.8, 4) is 0 Å². The van der Waals surface area contributed by atoms with Gasteiger partial charge in [0, 0.05) is 44.9 Å². The molecule has 0 atom stereocenters. The monoisotopic (exact) mass is 444 g/mol. The first-order valence-electron chi connectivity index (χ1n) is 11.1. The van der Waals surface area contributed by atoms with Crippen LogP contribution in [-0.2, 0) is 9.59 Å². The number of nitrogens with one attached hydrogen (secondary N) is 1. The number of halogens is 2. The van der Waals surface area contributed by atoms with Gasteiger partial charge in [-0.2, -0.15) is 4.98 Å². The average molecular weight is 444 g/mol. The number of carbonyl (C=O) groups excluding carboxylic acids is 2. The zero-order chi connectivity index (χ0) is 22.3. The number of amides is 2. The maximum Gasteiger partial charge on any atom is 0.250 e. The van der Waals surface area contributed by atoms with Gasteiger partial charge in [-0.3, -0.25) is 19.8 Å². The van der Waals surface area contributed by atoms with E-state index in [4.69, 9.17) is 0 Å². The minimum atomic E-state index is -2.61. The number of nitrogens with zero attached hydrogens (tertiary/aromatic N) is 5. The SMILES string of the molecule is O=C(Nc1nc2cccc(C3=CCN(C(=O)CN4CCC(F)(F)CC4)CC3)n2n1)C1CC1. The molecule has 10 heteroatoms. The Morgan fingerprint density at radius 1 is 1.16 bits per heavy atom. The highest BCUT2D eigenvalue weighted by Gasteiger charge is 2.35. The maximum atomic E-state index is 13.3. The van der Waals surface area contributed by atoms with Gasteiger partial charge < -0.3 is 4.90 Å². The summed E-state index contributed by atoms with van der Waals surface area (Å²) in [5.74, 6) is -2.30. The summed E-state index contributed by atoms with van der Waals surface area (Å²) >= 11 is 0. The number of hydrogen-bond donors (Lipinski definition) is 1. The summed E-state index contributed by atoms with van der Waals surface area (Å²) in [6.45, 7) is 1.71. The lowest BCUT2D eigenvalue weighted by atomic mass is 10.0. The molecule has 4 heterocycles. The quantitative estimate of drug-likeness (QED) is 0.766. The molecule has 2 amide bonds. The van der Waals surface area contributed by atoms with Gasteiger partial charge >= 0.3 is 0 Å². The van der Waals surface area contributed by atoms with E-state index in [-0.39, 0.29) is 50.2 Å². The summed E-state index contributed by atoms with van der Waals surface area (Å²) in [5, 5.41) is 7.25. The predicted octanol–water partition coefficient (Wildman–Crippen LogP) is 2.42. The standard InChI is InChI=1S/C22H26F2N6O2/c23-22(24)8-12-28(13-9-22)14-19(31)29-10-6-15(7-11-29)17-2-1-3-18-25-21(27-30(17)18)26-20(32)16-4-5-16/h1-3,6,16H,4-5,7-14H2,(H,26,27,32). The lowest BCUT2D eigenvalue weighted by Crippen LogP contribution is -2.46. The second-order valence-electron chi connectivity index (χ2n) is 8.83. The molecule has 3 aliphatic rings. The molecule has 1 saturated heterocycles. The summed E-state index contributed by atoms with van der Waals surface area (Å²) in [6.07, 6.45) is 4.12. The molecule has 1 N–H and O–H groups in total. The van der Waals surface area contributed by atoms with Crippen molar-refractivity contribution in [1.29, 1.82) is 0 Å². The molecular weight excluding hydrogens is 418 g/mol. The van der Waals surface area contributed by atoms with Crippen molar-refractivity contribution in [2.45, 2.75) is 38.0 Å². The third kappa shape index (κ3) is 4.50. The molecule has 0 bridgehead atoms. The Balaban J connectivity index is 1.24. The number of carbonyl (C=O) groups is 2. The molecule has 2 aromatic heterocycles. The number of anilines is 1. The summed E-state index contributed by atoms with van der Waals surface area (Å²) in [6, 6.07) is 5.69. The van der Waals surface area contributed by atoms with E-state index in [0.29, 0.717) is 31.1 Å². The number of piperidine rings is 1. The summed E-state index contributed by atoms with van der Waals surface area (Å²) in [4.78, 5) is 32.7. The maximum absolute atomic E-state index is 13.3. The topological polar surface area (TPSA) is 82.8 Å². The average Bonchev–Trinajstić information content (AvgIpc) is 3.55.